The molecule has 1 atom stereocenters. The Hall–Kier alpha value is -1.10. The van der Waals surface area contributed by atoms with E-state index in [-0.39, 0.29) is 16.9 Å². The van der Waals surface area contributed by atoms with Gasteiger partial charge in [0.25, 0.3) is 0 Å². The molecule has 1 heterocycles. The first-order chi connectivity index (χ1) is 8.20. The van der Waals surface area contributed by atoms with Gasteiger partial charge in [0, 0.05) is 11.4 Å². The molecule has 2 aromatic rings. The number of rotatable bonds is 4. The number of hydrogen-bond donors (Lipinski definition) is 1. The van der Waals surface area contributed by atoms with Crippen molar-refractivity contribution in [2.45, 2.75) is 6.10 Å². The number of halogens is 2. The largest absolute Gasteiger partial charge is 0.482 e. The molecular formula is C12H11ClFNOS. The highest BCUT2D eigenvalue weighted by molar-refractivity contribution is 7.10. The van der Waals surface area contributed by atoms with Gasteiger partial charge >= 0.3 is 0 Å². The van der Waals surface area contributed by atoms with Crippen LogP contribution in [-0.4, -0.2) is 6.54 Å². The molecule has 90 valence electrons. The molecule has 2 nitrogen and oxygen atoms in total. The normalized spacial score (nSPS) is 12.4. The zero-order valence-corrected chi connectivity index (χ0v) is 10.5. The van der Waals surface area contributed by atoms with E-state index in [2.05, 4.69) is 0 Å². The average Bonchev–Trinajstić information content (AvgIpc) is 2.81. The van der Waals surface area contributed by atoms with E-state index >= 15 is 0 Å². The fourth-order valence-corrected chi connectivity index (χ4v) is 2.40. The van der Waals surface area contributed by atoms with Crippen LogP contribution < -0.4 is 10.5 Å². The first-order valence-corrected chi connectivity index (χ1v) is 6.31. The van der Waals surface area contributed by atoms with Crippen molar-refractivity contribution >= 4 is 22.9 Å². The average molecular weight is 272 g/mol. The fraction of sp³-hybridized carbons (Fsp3) is 0.167. The number of ether oxygens (including phenoxy) is 1. The van der Waals surface area contributed by atoms with Crippen molar-refractivity contribution in [1.29, 1.82) is 0 Å². The van der Waals surface area contributed by atoms with Gasteiger partial charge in [0.2, 0.25) is 0 Å². The maximum atomic E-state index is 12.9. The van der Waals surface area contributed by atoms with Crippen LogP contribution in [0.2, 0.25) is 5.02 Å². The fourth-order valence-electron chi connectivity index (χ4n) is 1.42. The van der Waals surface area contributed by atoms with Gasteiger partial charge in [-0.05, 0) is 29.6 Å². The van der Waals surface area contributed by atoms with E-state index in [1.165, 1.54) is 18.2 Å². The molecule has 0 aliphatic rings. The third-order valence-corrected chi connectivity index (χ3v) is 3.50. The first-order valence-electron chi connectivity index (χ1n) is 5.06. The maximum absolute atomic E-state index is 12.9. The molecule has 0 spiro atoms. The Balaban J connectivity index is 2.19. The monoisotopic (exact) mass is 271 g/mol. The second kappa shape index (κ2) is 5.49. The molecule has 1 aromatic heterocycles. The minimum absolute atomic E-state index is 0.250. The number of benzene rings is 1. The summed E-state index contributed by atoms with van der Waals surface area (Å²) in [6.45, 7) is 0.341. The molecule has 5 heteroatoms. The van der Waals surface area contributed by atoms with Gasteiger partial charge in [0.15, 0.2) is 0 Å². The molecule has 0 radical (unpaired) electrons. The molecule has 1 aromatic carbocycles. The van der Waals surface area contributed by atoms with Crippen molar-refractivity contribution in [1.82, 2.24) is 0 Å². The third kappa shape index (κ3) is 2.97. The zero-order valence-electron chi connectivity index (χ0n) is 8.90. The molecule has 0 aliphatic carbocycles. The highest BCUT2D eigenvalue weighted by Crippen LogP contribution is 2.30. The minimum Gasteiger partial charge on any atom is -0.482 e. The molecule has 0 fully saturated rings. The Kier molecular flexibility index (Phi) is 3.99. The van der Waals surface area contributed by atoms with Crippen molar-refractivity contribution < 1.29 is 9.13 Å². The van der Waals surface area contributed by atoms with Crippen LogP contribution in [0.15, 0.2) is 35.7 Å². The molecule has 1 unspecified atom stereocenters. The second-order valence-corrected chi connectivity index (χ2v) is 4.82. The number of nitrogens with two attached hydrogens (primary N) is 1. The van der Waals surface area contributed by atoms with Gasteiger partial charge in [-0.25, -0.2) is 4.39 Å². The van der Waals surface area contributed by atoms with Gasteiger partial charge in [0.1, 0.15) is 17.7 Å². The summed E-state index contributed by atoms with van der Waals surface area (Å²) in [6.07, 6.45) is -0.252. The van der Waals surface area contributed by atoms with Crippen LogP contribution in [0.25, 0.3) is 0 Å². The summed E-state index contributed by atoms with van der Waals surface area (Å²) in [5.41, 5.74) is 5.66. The van der Waals surface area contributed by atoms with E-state index in [0.29, 0.717) is 12.3 Å². The van der Waals surface area contributed by atoms with E-state index in [1.54, 1.807) is 11.3 Å². The quantitative estimate of drug-likeness (QED) is 0.922. The lowest BCUT2D eigenvalue weighted by Crippen LogP contribution is -2.17. The van der Waals surface area contributed by atoms with Gasteiger partial charge in [-0.1, -0.05) is 17.7 Å². The predicted octanol–water partition coefficient (Wildman–Crippen LogP) is 3.62. The van der Waals surface area contributed by atoms with Gasteiger partial charge in [-0.3, -0.25) is 0 Å². The third-order valence-electron chi connectivity index (χ3n) is 2.24. The predicted molar refractivity (Wildman–Crippen MR) is 68.2 cm³/mol. The summed E-state index contributed by atoms with van der Waals surface area (Å²) >= 11 is 7.45. The molecule has 2 N–H and O–H groups in total. The van der Waals surface area contributed by atoms with Crippen LogP contribution in [0.3, 0.4) is 0 Å². The Morgan fingerprint density at radius 3 is 2.82 bits per heavy atom. The van der Waals surface area contributed by atoms with Crippen LogP contribution >= 0.6 is 22.9 Å². The number of hydrogen-bond acceptors (Lipinski definition) is 3. The lowest BCUT2D eigenvalue weighted by atomic mass is 10.3. The van der Waals surface area contributed by atoms with E-state index in [9.17, 15) is 4.39 Å². The minimum atomic E-state index is -0.386. The summed E-state index contributed by atoms with van der Waals surface area (Å²) in [5, 5.41) is 2.20. The summed E-state index contributed by atoms with van der Waals surface area (Å²) in [5.74, 6) is 0.0553. The van der Waals surface area contributed by atoms with E-state index < -0.39 is 0 Å². The van der Waals surface area contributed by atoms with E-state index in [1.807, 2.05) is 17.5 Å². The van der Waals surface area contributed by atoms with Crippen LogP contribution in [0.5, 0.6) is 5.75 Å². The highest BCUT2D eigenvalue weighted by Gasteiger charge is 2.14. The lowest BCUT2D eigenvalue weighted by Gasteiger charge is -2.16. The lowest BCUT2D eigenvalue weighted by molar-refractivity contribution is 0.218. The Morgan fingerprint density at radius 1 is 1.41 bits per heavy atom. The molecule has 0 bridgehead atoms. The Morgan fingerprint density at radius 2 is 2.24 bits per heavy atom. The molecule has 0 aliphatic heterocycles. The van der Waals surface area contributed by atoms with Crippen LogP contribution in [0, 0.1) is 5.82 Å². The molecular weight excluding hydrogens is 261 g/mol. The van der Waals surface area contributed by atoms with Crippen molar-refractivity contribution in [3.63, 3.8) is 0 Å². The van der Waals surface area contributed by atoms with Crippen LogP contribution in [0.4, 0.5) is 4.39 Å². The van der Waals surface area contributed by atoms with Crippen molar-refractivity contribution in [3.8, 4) is 5.75 Å². The Bertz CT molecular complexity index is 489. The van der Waals surface area contributed by atoms with Crippen LogP contribution in [-0.2, 0) is 0 Å². The molecule has 0 amide bonds. The number of thiophene rings is 1. The summed E-state index contributed by atoms with van der Waals surface area (Å²) in [6, 6.07) is 7.91. The summed E-state index contributed by atoms with van der Waals surface area (Å²) in [7, 11) is 0. The molecule has 0 saturated heterocycles. The van der Waals surface area contributed by atoms with Gasteiger partial charge in [0.05, 0.1) is 5.02 Å². The maximum Gasteiger partial charge on any atom is 0.145 e. The standard InChI is InChI=1S/C12H11ClFNOS/c13-9-6-8(14)3-4-10(9)16-11(7-15)12-2-1-5-17-12/h1-6,11H,7,15H2. The van der Waals surface area contributed by atoms with Crippen LogP contribution in [0.1, 0.15) is 11.0 Å². The SMILES string of the molecule is NCC(Oc1ccc(F)cc1Cl)c1cccs1. The molecule has 0 saturated carbocycles. The van der Waals surface area contributed by atoms with Gasteiger partial charge in [-0.2, -0.15) is 0 Å². The van der Waals surface area contributed by atoms with Crippen molar-refractivity contribution in [3.05, 3.63) is 51.4 Å². The molecule has 17 heavy (non-hydrogen) atoms. The van der Waals surface area contributed by atoms with Gasteiger partial charge in [-0.15, -0.1) is 11.3 Å². The van der Waals surface area contributed by atoms with E-state index in [0.717, 1.165) is 4.88 Å². The van der Waals surface area contributed by atoms with Crippen molar-refractivity contribution in [2.24, 2.45) is 5.73 Å². The molecule has 2 rings (SSSR count). The van der Waals surface area contributed by atoms with E-state index in [4.69, 9.17) is 22.1 Å². The Labute approximate surface area is 108 Å². The van der Waals surface area contributed by atoms with Gasteiger partial charge < -0.3 is 10.5 Å². The van der Waals surface area contributed by atoms with Crippen molar-refractivity contribution in [2.75, 3.05) is 6.54 Å². The summed E-state index contributed by atoms with van der Waals surface area (Å²) < 4.78 is 18.6. The highest BCUT2D eigenvalue weighted by atomic mass is 35.5. The smallest absolute Gasteiger partial charge is 0.145 e. The summed E-state index contributed by atoms with van der Waals surface area (Å²) in [4.78, 5) is 1.02. The zero-order chi connectivity index (χ0) is 12.3. The first kappa shape index (κ1) is 12.4. The second-order valence-electron chi connectivity index (χ2n) is 3.43. The topological polar surface area (TPSA) is 35.2 Å².